The van der Waals surface area contributed by atoms with Crippen molar-refractivity contribution in [1.29, 1.82) is 0 Å². The van der Waals surface area contributed by atoms with Crippen LogP contribution in [0.5, 0.6) is 0 Å². The van der Waals surface area contributed by atoms with Gasteiger partial charge in [-0.3, -0.25) is 14.2 Å². The quantitative estimate of drug-likeness (QED) is 0.715. The summed E-state index contributed by atoms with van der Waals surface area (Å²) in [7, 11) is 0. The van der Waals surface area contributed by atoms with Gasteiger partial charge >= 0.3 is 5.69 Å². The molecule has 2 aromatic heterocycles. The Bertz CT molecular complexity index is 1110. The van der Waals surface area contributed by atoms with E-state index in [1.54, 1.807) is 29.2 Å². The van der Waals surface area contributed by atoms with Crippen LogP contribution in [-0.4, -0.2) is 46.5 Å². The van der Waals surface area contributed by atoms with Crippen LogP contribution in [0.15, 0.2) is 62.9 Å². The van der Waals surface area contributed by atoms with Crippen LogP contribution in [0.4, 0.5) is 10.1 Å². The fourth-order valence-electron chi connectivity index (χ4n) is 3.36. The molecule has 0 spiro atoms. The first-order chi connectivity index (χ1) is 14.0. The zero-order valence-electron chi connectivity index (χ0n) is 15.5. The van der Waals surface area contributed by atoms with E-state index in [2.05, 4.69) is 4.98 Å². The van der Waals surface area contributed by atoms with E-state index in [1.807, 2.05) is 4.90 Å². The molecule has 0 bridgehead atoms. The van der Waals surface area contributed by atoms with Crippen LogP contribution >= 0.6 is 0 Å². The van der Waals surface area contributed by atoms with Crippen LogP contribution in [-0.2, 0) is 6.54 Å². The number of nitrogens with zero attached hydrogens (tertiary/aromatic N) is 3. The van der Waals surface area contributed by atoms with Gasteiger partial charge in [0.25, 0.3) is 11.5 Å². The average molecular weight is 398 g/mol. The summed E-state index contributed by atoms with van der Waals surface area (Å²) >= 11 is 0. The molecular formula is C20H19FN4O4. The number of nitrogens with one attached hydrogen (secondary N) is 1. The summed E-state index contributed by atoms with van der Waals surface area (Å²) in [5.74, 6) is -0.292. The number of amides is 1. The van der Waals surface area contributed by atoms with Crippen LogP contribution in [0.1, 0.15) is 16.1 Å². The maximum absolute atomic E-state index is 13.1. The monoisotopic (exact) mass is 398 g/mol. The zero-order valence-corrected chi connectivity index (χ0v) is 15.5. The minimum atomic E-state index is -0.656. The van der Waals surface area contributed by atoms with E-state index in [-0.39, 0.29) is 17.9 Å². The minimum absolute atomic E-state index is 0.0549. The standard InChI is InChI=1S/C20H19FN4O4/c21-14-3-5-15(6-4-14)23-7-9-24(10-8-23)18(26)17-12-22-20(28)25(19(17)27)13-16-2-1-11-29-16/h1-6,11-12H,7-10,13H2,(H,22,28). The number of halogens is 1. The zero-order chi connectivity index (χ0) is 20.4. The lowest BCUT2D eigenvalue weighted by Gasteiger charge is -2.36. The molecule has 4 rings (SSSR count). The molecule has 1 fully saturated rings. The highest BCUT2D eigenvalue weighted by Gasteiger charge is 2.25. The summed E-state index contributed by atoms with van der Waals surface area (Å²) in [6, 6.07) is 9.49. The van der Waals surface area contributed by atoms with Gasteiger partial charge in [0.2, 0.25) is 0 Å². The predicted molar refractivity (Wildman–Crippen MR) is 104 cm³/mol. The Balaban J connectivity index is 1.49. The number of anilines is 1. The summed E-state index contributed by atoms with van der Waals surface area (Å²) in [4.78, 5) is 43.7. The molecule has 0 unspecified atom stereocenters. The molecule has 1 aliphatic heterocycles. The SMILES string of the molecule is O=C(c1c[nH]c(=O)n(Cc2ccco2)c1=O)N1CCN(c2ccc(F)cc2)CC1. The van der Waals surface area contributed by atoms with Gasteiger partial charge in [-0.1, -0.05) is 0 Å². The van der Waals surface area contributed by atoms with Crippen molar-refractivity contribution in [2.45, 2.75) is 6.54 Å². The first-order valence-electron chi connectivity index (χ1n) is 9.17. The molecule has 1 aliphatic rings. The third-order valence-electron chi connectivity index (χ3n) is 4.94. The molecule has 1 aromatic carbocycles. The number of aromatic nitrogens is 2. The van der Waals surface area contributed by atoms with Gasteiger partial charge in [-0.2, -0.15) is 0 Å². The molecule has 0 saturated carbocycles. The van der Waals surface area contributed by atoms with Crippen molar-refractivity contribution in [2.24, 2.45) is 0 Å². The van der Waals surface area contributed by atoms with Crippen molar-refractivity contribution in [3.63, 3.8) is 0 Å². The van der Waals surface area contributed by atoms with Gasteiger partial charge < -0.3 is 19.2 Å². The number of rotatable bonds is 4. The van der Waals surface area contributed by atoms with E-state index in [0.717, 1.165) is 16.5 Å². The Labute approximate surface area is 164 Å². The number of hydrogen-bond acceptors (Lipinski definition) is 5. The lowest BCUT2D eigenvalue weighted by Crippen LogP contribution is -2.50. The molecule has 1 amide bonds. The van der Waals surface area contributed by atoms with E-state index >= 15 is 0 Å². The van der Waals surface area contributed by atoms with Crippen LogP contribution in [0, 0.1) is 5.82 Å². The van der Waals surface area contributed by atoms with Gasteiger partial charge in [0.15, 0.2) is 0 Å². The normalized spacial score (nSPS) is 14.2. The Morgan fingerprint density at radius 2 is 1.79 bits per heavy atom. The number of hydrogen-bond donors (Lipinski definition) is 1. The third kappa shape index (κ3) is 3.84. The second-order valence-electron chi connectivity index (χ2n) is 6.73. The fraction of sp³-hybridized carbons (Fsp3) is 0.250. The highest BCUT2D eigenvalue weighted by atomic mass is 19.1. The molecule has 150 valence electrons. The highest BCUT2D eigenvalue weighted by Crippen LogP contribution is 2.17. The van der Waals surface area contributed by atoms with Crippen molar-refractivity contribution in [1.82, 2.24) is 14.5 Å². The van der Waals surface area contributed by atoms with Gasteiger partial charge in [-0.25, -0.2) is 9.18 Å². The van der Waals surface area contributed by atoms with Crippen molar-refractivity contribution >= 4 is 11.6 Å². The Kier molecular flexibility index (Phi) is 5.03. The number of carbonyl (C=O) groups is 1. The predicted octanol–water partition coefficient (Wildman–Crippen LogP) is 1.28. The second-order valence-corrected chi connectivity index (χ2v) is 6.73. The molecule has 0 aliphatic carbocycles. The van der Waals surface area contributed by atoms with Crippen LogP contribution < -0.4 is 16.1 Å². The third-order valence-corrected chi connectivity index (χ3v) is 4.94. The van der Waals surface area contributed by atoms with Crippen LogP contribution in [0.3, 0.4) is 0 Å². The van der Waals surface area contributed by atoms with Crippen molar-refractivity contribution in [3.05, 3.63) is 86.8 Å². The number of furan rings is 1. The lowest BCUT2D eigenvalue weighted by molar-refractivity contribution is 0.0743. The van der Waals surface area contributed by atoms with Crippen LogP contribution in [0.2, 0.25) is 0 Å². The fourth-order valence-corrected chi connectivity index (χ4v) is 3.36. The van der Waals surface area contributed by atoms with E-state index in [1.165, 1.54) is 18.4 Å². The van der Waals surface area contributed by atoms with E-state index < -0.39 is 17.2 Å². The van der Waals surface area contributed by atoms with Crippen molar-refractivity contribution in [3.8, 4) is 0 Å². The van der Waals surface area contributed by atoms with Gasteiger partial charge in [0.05, 0.1) is 12.8 Å². The molecule has 29 heavy (non-hydrogen) atoms. The Hall–Kier alpha value is -3.62. The average Bonchev–Trinajstić information content (AvgIpc) is 3.25. The number of aromatic amines is 1. The molecule has 3 heterocycles. The molecule has 9 heteroatoms. The van der Waals surface area contributed by atoms with Gasteiger partial charge in [-0.05, 0) is 36.4 Å². The molecule has 1 saturated heterocycles. The highest BCUT2D eigenvalue weighted by molar-refractivity contribution is 5.93. The molecule has 0 radical (unpaired) electrons. The maximum atomic E-state index is 13.1. The topological polar surface area (TPSA) is 91.5 Å². The first kappa shape index (κ1) is 18.7. The minimum Gasteiger partial charge on any atom is -0.467 e. The number of benzene rings is 1. The number of carbonyl (C=O) groups excluding carboxylic acids is 1. The second kappa shape index (κ2) is 7.78. The van der Waals surface area contributed by atoms with Gasteiger partial charge in [-0.15, -0.1) is 0 Å². The smallest absolute Gasteiger partial charge is 0.328 e. The van der Waals surface area contributed by atoms with Crippen LogP contribution in [0.25, 0.3) is 0 Å². The maximum Gasteiger partial charge on any atom is 0.328 e. The van der Waals surface area contributed by atoms with E-state index in [4.69, 9.17) is 4.42 Å². The molecule has 0 atom stereocenters. The van der Waals surface area contributed by atoms with E-state index in [9.17, 15) is 18.8 Å². The summed E-state index contributed by atoms with van der Waals surface area (Å²) in [5.41, 5.74) is -0.477. The van der Waals surface area contributed by atoms with Crippen molar-refractivity contribution in [2.75, 3.05) is 31.1 Å². The lowest BCUT2D eigenvalue weighted by atomic mass is 10.2. The number of H-pyrrole nitrogens is 1. The molecule has 1 N–H and O–H groups in total. The largest absolute Gasteiger partial charge is 0.467 e. The Morgan fingerprint density at radius 3 is 2.45 bits per heavy atom. The van der Waals surface area contributed by atoms with Crippen molar-refractivity contribution < 1.29 is 13.6 Å². The van der Waals surface area contributed by atoms with E-state index in [0.29, 0.717) is 31.9 Å². The number of piperazine rings is 1. The summed E-state index contributed by atoms with van der Waals surface area (Å²) in [5, 5.41) is 0. The summed E-state index contributed by atoms with van der Waals surface area (Å²) < 4.78 is 19.2. The van der Waals surface area contributed by atoms with Gasteiger partial charge in [0, 0.05) is 38.1 Å². The summed E-state index contributed by atoms with van der Waals surface area (Å²) in [6.45, 7) is 1.88. The summed E-state index contributed by atoms with van der Waals surface area (Å²) in [6.07, 6.45) is 2.61. The molecule has 3 aromatic rings. The Morgan fingerprint density at radius 1 is 1.07 bits per heavy atom. The molecule has 8 nitrogen and oxygen atoms in total. The van der Waals surface area contributed by atoms with Gasteiger partial charge in [0.1, 0.15) is 17.1 Å². The first-order valence-corrected chi connectivity index (χ1v) is 9.17. The molecular weight excluding hydrogens is 379 g/mol.